The molecule has 0 saturated heterocycles. The first-order valence-corrected chi connectivity index (χ1v) is 6.80. The molecule has 0 unspecified atom stereocenters. The number of aliphatic hydroxyl groups excluding tert-OH is 1. The van der Waals surface area contributed by atoms with Crippen LogP contribution in [0.2, 0.25) is 0 Å². The van der Waals surface area contributed by atoms with Gasteiger partial charge in [0.2, 0.25) is 0 Å². The summed E-state index contributed by atoms with van der Waals surface area (Å²) in [4.78, 5) is 11.8. The highest BCUT2D eigenvalue weighted by molar-refractivity contribution is 5.60. The standard InChI is InChI=1S/C15H15N5O2/c1-19-14(22)7-12(8-16-19)15-13(10-21)17-18-20(15)9-11-5-3-2-4-6-11/h2-8,21H,9-10H2,1H3. The van der Waals surface area contributed by atoms with Crippen LogP contribution < -0.4 is 5.56 Å². The molecule has 0 aliphatic rings. The topological polar surface area (TPSA) is 85.8 Å². The minimum atomic E-state index is -0.251. The summed E-state index contributed by atoms with van der Waals surface area (Å²) in [6.45, 7) is 0.248. The highest BCUT2D eigenvalue weighted by atomic mass is 16.3. The van der Waals surface area contributed by atoms with Crippen molar-refractivity contribution in [2.24, 2.45) is 7.05 Å². The lowest BCUT2D eigenvalue weighted by atomic mass is 10.1. The first-order chi connectivity index (χ1) is 10.7. The monoisotopic (exact) mass is 297 g/mol. The van der Waals surface area contributed by atoms with Gasteiger partial charge in [-0.3, -0.25) is 4.79 Å². The smallest absolute Gasteiger partial charge is 0.267 e. The summed E-state index contributed by atoms with van der Waals surface area (Å²) in [6, 6.07) is 11.2. The molecule has 7 heteroatoms. The maximum atomic E-state index is 11.8. The van der Waals surface area contributed by atoms with Crippen LogP contribution in [0.3, 0.4) is 0 Å². The van der Waals surface area contributed by atoms with Crippen molar-refractivity contribution < 1.29 is 5.11 Å². The fraction of sp³-hybridized carbons (Fsp3) is 0.200. The van der Waals surface area contributed by atoms with Gasteiger partial charge in [0.25, 0.3) is 5.56 Å². The van der Waals surface area contributed by atoms with Crippen LogP contribution in [0.1, 0.15) is 11.3 Å². The highest BCUT2D eigenvalue weighted by Crippen LogP contribution is 2.21. The SMILES string of the molecule is Cn1ncc(-c2c(CO)nnn2Cc2ccccc2)cc1=O. The number of benzene rings is 1. The molecule has 0 amide bonds. The number of nitrogens with zero attached hydrogens (tertiary/aromatic N) is 5. The minimum Gasteiger partial charge on any atom is -0.390 e. The van der Waals surface area contributed by atoms with Crippen LogP contribution in [0.5, 0.6) is 0 Å². The second-order valence-electron chi connectivity index (χ2n) is 4.89. The zero-order chi connectivity index (χ0) is 15.5. The van der Waals surface area contributed by atoms with Crippen molar-refractivity contribution in [2.75, 3.05) is 0 Å². The van der Waals surface area contributed by atoms with Gasteiger partial charge < -0.3 is 5.11 Å². The van der Waals surface area contributed by atoms with Crippen LogP contribution in [0.25, 0.3) is 11.3 Å². The Balaban J connectivity index is 2.07. The Kier molecular flexibility index (Phi) is 3.80. The summed E-state index contributed by atoms with van der Waals surface area (Å²) in [7, 11) is 1.58. The second-order valence-corrected chi connectivity index (χ2v) is 4.89. The summed E-state index contributed by atoms with van der Waals surface area (Å²) in [5, 5.41) is 21.5. The van der Waals surface area contributed by atoms with Crippen LogP contribution >= 0.6 is 0 Å². The average Bonchev–Trinajstić information content (AvgIpc) is 2.94. The van der Waals surface area contributed by atoms with Crippen molar-refractivity contribution >= 4 is 0 Å². The van der Waals surface area contributed by atoms with Gasteiger partial charge >= 0.3 is 0 Å². The van der Waals surface area contributed by atoms with Crippen LogP contribution in [-0.4, -0.2) is 29.9 Å². The van der Waals surface area contributed by atoms with Crippen molar-refractivity contribution in [1.29, 1.82) is 0 Å². The quantitative estimate of drug-likeness (QED) is 0.761. The fourth-order valence-corrected chi connectivity index (χ4v) is 2.24. The molecule has 1 N–H and O–H groups in total. The molecule has 112 valence electrons. The molecule has 2 aromatic heterocycles. The predicted molar refractivity (Wildman–Crippen MR) is 80.0 cm³/mol. The first-order valence-electron chi connectivity index (χ1n) is 6.80. The molecule has 3 rings (SSSR count). The van der Waals surface area contributed by atoms with E-state index in [1.165, 1.54) is 10.7 Å². The molecule has 0 aliphatic heterocycles. The maximum absolute atomic E-state index is 11.8. The third-order valence-electron chi connectivity index (χ3n) is 3.37. The Labute approximate surface area is 126 Å². The lowest BCUT2D eigenvalue weighted by molar-refractivity contribution is 0.277. The van der Waals surface area contributed by atoms with E-state index in [1.54, 1.807) is 17.9 Å². The Hall–Kier alpha value is -2.80. The number of hydrogen-bond donors (Lipinski definition) is 1. The molecule has 0 saturated carbocycles. The maximum Gasteiger partial charge on any atom is 0.267 e. The summed E-state index contributed by atoms with van der Waals surface area (Å²) < 4.78 is 2.91. The third-order valence-corrected chi connectivity index (χ3v) is 3.37. The van der Waals surface area contributed by atoms with E-state index in [1.807, 2.05) is 30.3 Å². The molecule has 0 aliphatic carbocycles. The van der Waals surface area contributed by atoms with Crippen LogP contribution in [0.15, 0.2) is 47.4 Å². The van der Waals surface area contributed by atoms with Crippen molar-refractivity contribution in [3.05, 3.63) is 64.2 Å². The molecular weight excluding hydrogens is 282 g/mol. The number of aryl methyl sites for hydroxylation is 1. The van der Waals surface area contributed by atoms with Gasteiger partial charge in [-0.1, -0.05) is 35.5 Å². The number of aromatic nitrogens is 5. The summed E-state index contributed by atoms with van der Waals surface area (Å²) in [5.74, 6) is 0. The van der Waals surface area contributed by atoms with Crippen molar-refractivity contribution in [1.82, 2.24) is 24.8 Å². The van der Waals surface area contributed by atoms with E-state index in [0.29, 0.717) is 23.5 Å². The van der Waals surface area contributed by atoms with Crippen LogP contribution in [0, 0.1) is 0 Å². The van der Waals surface area contributed by atoms with Crippen molar-refractivity contribution in [2.45, 2.75) is 13.2 Å². The Bertz CT molecular complexity index is 839. The van der Waals surface area contributed by atoms with Crippen LogP contribution in [-0.2, 0) is 20.2 Å². The van der Waals surface area contributed by atoms with Gasteiger partial charge in [-0.25, -0.2) is 9.36 Å². The van der Waals surface area contributed by atoms with Gasteiger partial charge in [0.15, 0.2) is 0 Å². The van der Waals surface area contributed by atoms with Gasteiger partial charge in [-0.05, 0) is 5.56 Å². The third kappa shape index (κ3) is 2.66. The van der Waals surface area contributed by atoms with Gasteiger partial charge in [0.1, 0.15) is 5.69 Å². The second kappa shape index (κ2) is 5.90. The van der Waals surface area contributed by atoms with Crippen molar-refractivity contribution in [3.63, 3.8) is 0 Å². The minimum absolute atomic E-state index is 0.228. The predicted octanol–water partition coefficient (Wildman–Crippen LogP) is 0.579. The molecule has 2 heterocycles. The van der Waals surface area contributed by atoms with E-state index >= 15 is 0 Å². The summed E-state index contributed by atoms with van der Waals surface area (Å²) in [6.07, 6.45) is 1.57. The van der Waals surface area contributed by atoms with Gasteiger partial charge in [0, 0.05) is 18.7 Å². The molecule has 0 fully saturated rings. The Morgan fingerprint density at radius 3 is 2.68 bits per heavy atom. The number of aliphatic hydroxyl groups is 1. The number of rotatable bonds is 4. The van der Waals surface area contributed by atoms with E-state index in [4.69, 9.17) is 0 Å². The zero-order valence-electron chi connectivity index (χ0n) is 12.0. The zero-order valence-corrected chi connectivity index (χ0v) is 12.0. The normalized spacial score (nSPS) is 10.8. The molecule has 3 aromatic rings. The molecule has 0 bridgehead atoms. The van der Waals surface area contributed by atoms with Gasteiger partial charge in [-0.15, -0.1) is 5.10 Å². The van der Waals surface area contributed by atoms with E-state index < -0.39 is 0 Å². The van der Waals surface area contributed by atoms with Gasteiger partial charge in [0.05, 0.1) is 25.0 Å². The van der Waals surface area contributed by atoms with E-state index in [0.717, 1.165) is 5.56 Å². The highest BCUT2D eigenvalue weighted by Gasteiger charge is 2.15. The fourth-order valence-electron chi connectivity index (χ4n) is 2.24. The van der Waals surface area contributed by atoms with E-state index in [-0.39, 0.29) is 12.2 Å². The molecule has 0 radical (unpaired) electrons. The lowest BCUT2D eigenvalue weighted by Gasteiger charge is -2.08. The Morgan fingerprint density at radius 2 is 2.00 bits per heavy atom. The Morgan fingerprint density at radius 1 is 1.23 bits per heavy atom. The number of hydrogen-bond acceptors (Lipinski definition) is 5. The molecule has 22 heavy (non-hydrogen) atoms. The summed E-state index contributed by atoms with van der Waals surface area (Å²) in [5.41, 5.74) is 2.44. The molecule has 7 nitrogen and oxygen atoms in total. The summed E-state index contributed by atoms with van der Waals surface area (Å²) >= 11 is 0. The van der Waals surface area contributed by atoms with Crippen molar-refractivity contribution in [3.8, 4) is 11.3 Å². The van der Waals surface area contributed by atoms with E-state index in [2.05, 4.69) is 15.4 Å². The average molecular weight is 297 g/mol. The van der Waals surface area contributed by atoms with E-state index in [9.17, 15) is 9.90 Å². The molecule has 1 aromatic carbocycles. The van der Waals surface area contributed by atoms with Crippen LogP contribution in [0.4, 0.5) is 0 Å². The first kappa shape index (κ1) is 14.2. The molecule has 0 atom stereocenters. The lowest BCUT2D eigenvalue weighted by Crippen LogP contribution is -2.18. The van der Waals surface area contributed by atoms with Gasteiger partial charge in [-0.2, -0.15) is 5.10 Å². The largest absolute Gasteiger partial charge is 0.390 e. The molecular formula is C15H15N5O2. The molecule has 0 spiro atoms.